The Hall–Kier alpha value is -2.63. The summed E-state index contributed by atoms with van der Waals surface area (Å²) < 4.78 is 0. The van der Waals surface area contributed by atoms with Crippen LogP contribution in [0.5, 0.6) is 0 Å². The zero-order valence-corrected chi connectivity index (χ0v) is 13.1. The van der Waals surface area contributed by atoms with E-state index >= 15 is 0 Å². The fourth-order valence-electron chi connectivity index (χ4n) is 2.69. The first-order valence-electron chi connectivity index (χ1n) is 7.41. The maximum Gasteiger partial charge on any atom is 0.269 e. The molecule has 1 aromatic carbocycles. The lowest BCUT2D eigenvalue weighted by molar-refractivity contribution is -0.313. The van der Waals surface area contributed by atoms with Gasteiger partial charge in [-0.1, -0.05) is 29.3 Å². The van der Waals surface area contributed by atoms with Crippen molar-refractivity contribution in [2.24, 2.45) is 11.8 Å². The molecule has 122 valence electrons. The lowest BCUT2D eigenvalue weighted by atomic mass is 9.76. The molecule has 2 atom stereocenters. The Morgan fingerprint density at radius 1 is 0.957 bits per heavy atom. The van der Waals surface area contributed by atoms with Crippen molar-refractivity contribution in [3.05, 3.63) is 47.0 Å². The molecule has 0 spiro atoms. The van der Waals surface area contributed by atoms with Crippen molar-refractivity contribution in [2.75, 3.05) is 0 Å². The van der Waals surface area contributed by atoms with Crippen LogP contribution in [0.25, 0.3) is 0 Å². The van der Waals surface area contributed by atoms with Crippen LogP contribution in [-0.2, 0) is 9.59 Å². The highest BCUT2D eigenvalue weighted by atomic mass is 16.4. The number of hydrogen-bond acceptors (Lipinski definition) is 4. The first kappa shape index (κ1) is 16.7. The third-order valence-electron chi connectivity index (χ3n) is 4.24. The minimum Gasteiger partial charge on any atom is -0.550 e. The van der Waals surface area contributed by atoms with Gasteiger partial charge in [0.1, 0.15) is 0 Å². The van der Waals surface area contributed by atoms with E-state index < -0.39 is 29.6 Å². The van der Waals surface area contributed by atoms with Crippen LogP contribution < -0.4 is 16.0 Å². The normalized spacial score (nSPS) is 20.8. The minimum atomic E-state index is -1.24. The van der Waals surface area contributed by atoms with Gasteiger partial charge in [0.25, 0.3) is 5.91 Å². The van der Waals surface area contributed by atoms with Crippen molar-refractivity contribution < 1.29 is 19.5 Å². The van der Waals surface area contributed by atoms with E-state index in [9.17, 15) is 19.5 Å². The molecule has 1 aliphatic carbocycles. The standard InChI is InChI=1S/C17H20N2O4/c1-10-8-13(14(17(22)23)9-11(10)2)16(21)19-18-15(20)12-6-4-3-5-7-12/h3-7,13-14H,8-9H2,1-2H3,(H,18,20)(H,19,21)(H,22,23)/p-1/t13-,14-/m1/s1. The number of amides is 2. The van der Waals surface area contributed by atoms with Crippen molar-refractivity contribution in [2.45, 2.75) is 26.7 Å². The van der Waals surface area contributed by atoms with Crippen LogP contribution >= 0.6 is 0 Å². The molecule has 0 radical (unpaired) electrons. The SMILES string of the molecule is CC1=C(C)C[C@@H](C(=O)NNC(=O)c2ccccc2)[C@H](C(=O)[O-])C1. The molecule has 0 unspecified atom stereocenters. The highest BCUT2D eigenvalue weighted by molar-refractivity contribution is 5.95. The molecule has 1 aromatic rings. The summed E-state index contributed by atoms with van der Waals surface area (Å²) in [5.41, 5.74) is 7.00. The maximum atomic E-state index is 12.3. The highest BCUT2D eigenvalue weighted by Crippen LogP contribution is 2.33. The molecule has 23 heavy (non-hydrogen) atoms. The Morgan fingerprint density at radius 3 is 2.09 bits per heavy atom. The summed E-state index contributed by atoms with van der Waals surface area (Å²) in [7, 11) is 0. The summed E-state index contributed by atoms with van der Waals surface area (Å²) in [5.74, 6) is -3.85. The summed E-state index contributed by atoms with van der Waals surface area (Å²) in [6.07, 6.45) is 0.635. The number of allylic oxidation sites excluding steroid dienone is 2. The van der Waals surface area contributed by atoms with Gasteiger partial charge in [-0.15, -0.1) is 0 Å². The molecule has 0 saturated carbocycles. The summed E-state index contributed by atoms with van der Waals surface area (Å²) in [6, 6.07) is 8.42. The maximum absolute atomic E-state index is 12.3. The molecule has 0 fully saturated rings. The molecule has 0 bridgehead atoms. The number of carbonyl (C=O) groups excluding carboxylic acids is 3. The number of carbonyl (C=O) groups is 3. The van der Waals surface area contributed by atoms with Crippen LogP contribution in [-0.4, -0.2) is 17.8 Å². The highest BCUT2D eigenvalue weighted by Gasteiger charge is 2.33. The van der Waals surface area contributed by atoms with E-state index in [1.165, 1.54) is 0 Å². The lowest BCUT2D eigenvalue weighted by Crippen LogP contribution is -2.49. The van der Waals surface area contributed by atoms with Gasteiger partial charge < -0.3 is 9.90 Å². The Morgan fingerprint density at radius 2 is 1.52 bits per heavy atom. The van der Waals surface area contributed by atoms with Gasteiger partial charge in [-0.05, 0) is 38.8 Å². The smallest absolute Gasteiger partial charge is 0.269 e. The summed E-state index contributed by atoms with van der Waals surface area (Å²) in [5, 5.41) is 11.3. The van der Waals surface area contributed by atoms with Gasteiger partial charge in [0.15, 0.2) is 0 Å². The van der Waals surface area contributed by atoms with Crippen molar-refractivity contribution in [3.63, 3.8) is 0 Å². The van der Waals surface area contributed by atoms with Gasteiger partial charge in [0.05, 0.1) is 5.92 Å². The van der Waals surface area contributed by atoms with Crippen molar-refractivity contribution in [3.8, 4) is 0 Å². The second-order valence-electron chi connectivity index (χ2n) is 5.81. The van der Waals surface area contributed by atoms with E-state index in [1.807, 2.05) is 13.8 Å². The average molecular weight is 315 g/mol. The predicted molar refractivity (Wildman–Crippen MR) is 81.6 cm³/mol. The molecule has 2 amide bonds. The Labute approximate surface area is 134 Å². The van der Waals surface area contributed by atoms with Gasteiger partial charge in [0.2, 0.25) is 5.91 Å². The summed E-state index contributed by atoms with van der Waals surface area (Å²) in [4.78, 5) is 35.4. The first-order chi connectivity index (χ1) is 10.9. The van der Waals surface area contributed by atoms with Crippen LogP contribution in [0.1, 0.15) is 37.0 Å². The van der Waals surface area contributed by atoms with Gasteiger partial charge in [-0.25, -0.2) is 0 Å². The van der Waals surface area contributed by atoms with Gasteiger partial charge in [0, 0.05) is 17.5 Å². The number of hydrogen-bond donors (Lipinski definition) is 2. The largest absolute Gasteiger partial charge is 0.550 e. The molecule has 2 rings (SSSR count). The van der Waals surface area contributed by atoms with Gasteiger partial charge in [-0.2, -0.15) is 0 Å². The molecule has 0 aliphatic heterocycles. The van der Waals surface area contributed by atoms with Gasteiger partial charge in [-0.3, -0.25) is 20.4 Å². The molecule has 6 nitrogen and oxygen atoms in total. The third kappa shape index (κ3) is 3.97. The van der Waals surface area contributed by atoms with Crippen LogP contribution in [0.4, 0.5) is 0 Å². The fraction of sp³-hybridized carbons (Fsp3) is 0.353. The van der Waals surface area contributed by atoms with E-state index in [2.05, 4.69) is 10.9 Å². The van der Waals surface area contributed by atoms with Crippen LogP contribution in [0.2, 0.25) is 0 Å². The fourth-order valence-corrected chi connectivity index (χ4v) is 2.69. The van der Waals surface area contributed by atoms with Crippen molar-refractivity contribution in [1.82, 2.24) is 10.9 Å². The third-order valence-corrected chi connectivity index (χ3v) is 4.24. The average Bonchev–Trinajstić information content (AvgIpc) is 2.55. The van der Waals surface area contributed by atoms with E-state index in [1.54, 1.807) is 30.3 Å². The zero-order chi connectivity index (χ0) is 17.0. The molecule has 0 heterocycles. The molecule has 0 saturated heterocycles. The van der Waals surface area contributed by atoms with E-state index in [-0.39, 0.29) is 0 Å². The number of nitrogens with one attached hydrogen (secondary N) is 2. The second-order valence-corrected chi connectivity index (χ2v) is 5.81. The Bertz CT molecular complexity index is 652. The lowest BCUT2D eigenvalue weighted by Gasteiger charge is -2.32. The first-order valence-corrected chi connectivity index (χ1v) is 7.41. The number of carboxylic acid groups (broad SMARTS) is 1. The monoisotopic (exact) mass is 315 g/mol. The molecular weight excluding hydrogens is 296 g/mol. The van der Waals surface area contributed by atoms with Crippen LogP contribution in [0, 0.1) is 11.8 Å². The van der Waals surface area contributed by atoms with Crippen molar-refractivity contribution in [1.29, 1.82) is 0 Å². The van der Waals surface area contributed by atoms with E-state index in [0.29, 0.717) is 18.4 Å². The van der Waals surface area contributed by atoms with Gasteiger partial charge >= 0.3 is 0 Å². The number of hydrazine groups is 1. The minimum absolute atomic E-state index is 0.291. The molecule has 0 aromatic heterocycles. The van der Waals surface area contributed by atoms with E-state index in [0.717, 1.165) is 11.1 Å². The summed E-state index contributed by atoms with van der Waals surface area (Å²) >= 11 is 0. The molecule has 1 aliphatic rings. The quantitative estimate of drug-likeness (QED) is 0.629. The molecule has 6 heteroatoms. The number of rotatable bonds is 3. The summed E-state index contributed by atoms with van der Waals surface area (Å²) in [6.45, 7) is 3.74. The Kier molecular flexibility index (Phi) is 5.16. The predicted octanol–water partition coefficient (Wildman–Crippen LogP) is 0.560. The topological polar surface area (TPSA) is 98.3 Å². The van der Waals surface area contributed by atoms with E-state index in [4.69, 9.17) is 0 Å². The van der Waals surface area contributed by atoms with Crippen LogP contribution in [0.15, 0.2) is 41.5 Å². The zero-order valence-electron chi connectivity index (χ0n) is 13.1. The number of aliphatic carboxylic acids is 1. The molecular formula is C17H19N2O4-. The van der Waals surface area contributed by atoms with Crippen LogP contribution in [0.3, 0.4) is 0 Å². The number of benzene rings is 1. The molecule has 2 N–H and O–H groups in total. The second kappa shape index (κ2) is 7.09. The number of carboxylic acids is 1. The Balaban J connectivity index is 2.02. The van der Waals surface area contributed by atoms with Crippen molar-refractivity contribution >= 4 is 17.8 Å².